The molecule has 1 aliphatic carbocycles. The molecule has 172 valence electrons. The molecule has 0 amide bonds. The van der Waals surface area contributed by atoms with Crippen molar-refractivity contribution in [3.8, 4) is 22.8 Å². The summed E-state index contributed by atoms with van der Waals surface area (Å²) in [6.45, 7) is 6.98. The van der Waals surface area contributed by atoms with Crippen LogP contribution in [0.3, 0.4) is 0 Å². The Bertz CT molecular complexity index is 902. The van der Waals surface area contributed by atoms with Gasteiger partial charge in [-0.2, -0.15) is 4.98 Å². The van der Waals surface area contributed by atoms with Gasteiger partial charge in [-0.25, -0.2) is 4.98 Å². The number of rotatable bonds is 7. The fraction of sp³-hybridized carbons (Fsp3) is 0.600. The zero-order chi connectivity index (χ0) is 21.9. The Hall–Kier alpha value is -2.38. The number of nitrogens with zero attached hydrogens (tertiary/aromatic N) is 2. The number of hydrogen-bond acceptors (Lipinski definition) is 7. The topological polar surface area (TPSA) is 74.7 Å². The molecule has 7 nitrogen and oxygen atoms in total. The summed E-state index contributed by atoms with van der Waals surface area (Å²) in [6.07, 6.45) is 5.92. The van der Waals surface area contributed by atoms with Gasteiger partial charge in [0.2, 0.25) is 11.8 Å². The minimum atomic E-state index is 0.0383. The molecule has 1 aromatic heterocycles. The Labute approximate surface area is 189 Å². The van der Waals surface area contributed by atoms with Crippen molar-refractivity contribution in [1.82, 2.24) is 9.97 Å². The number of ether oxygens (including phenoxy) is 4. The lowest BCUT2D eigenvalue weighted by atomic mass is 9.87. The fourth-order valence-corrected chi connectivity index (χ4v) is 4.55. The zero-order valence-corrected chi connectivity index (χ0v) is 19.0. The molecule has 2 saturated heterocycles. The van der Waals surface area contributed by atoms with Gasteiger partial charge in [-0.05, 0) is 56.2 Å². The standard InChI is InChI=1S/C25H33N3O4/c1-16-3-7-19(8-4-16)27-25-26-17(2)23(24(28-25)32-22-14-30-15-22)18-5-9-20(10-6-18)31-21-11-12-29-13-21/h5-6,9-10,16,19,21-22H,3-4,7-8,11-15H2,1-2H3,(H,26,27,28)/t16-,19+,21?. The van der Waals surface area contributed by atoms with E-state index < -0.39 is 0 Å². The Balaban J connectivity index is 1.37. The quantitative estimate of drug-likeness (QED) is 0.686. The molecule has 3 aliphatic rings. The number of aryl methyl sites for hydroxylation is 1. The molecule has 1 atom stereocenters. The van der Waals surface area contributed by atoms with E-state index in [1.54, 1.807) is 0 Å². The molecule has 3 fully saturated rings. The second kappa shape index (κ2) is 9.63. The second-order valence-electron chi connectivity index (χ2n) is 9.32. The lowest BCUT2D eigenvalue weighted by molar-refractivity contribution is -0.0811. The molecular weight excluding hydrogens is 406 g/mol. The summed E-state index contributed by atoms with van der Waals surface area (Å²) < 4.78 is 23.0. The first-order chi connectivity index (χ1) is 15.6. The predicted molar refractivity (Wildman–Crippen MR) is 122 cm³/mol. The van der Waals surface area contributed by atoms with Gasteiger partial charge in [0, 0.05) is 12.5 Å². The summed E-state index contributed by atoms with van der Waals surface area (Å²) in [4.78, 5) is 9.60. The fourth-order valence-electron chi connectivity index (χ4n) is 4.55. The number of anilines is 1. The normalized spacial score (nSPS) is 25.9. The van der Waals surface area contributed by atoms with Crippen LogP contribution in [-0.4, -0.2) is 54.6 Å². The molecule has 2 aliphatic heterocycles. The van der Waals surface area contributed by atoms with Gasteiger partial charge >= 0.3 is 0 Å². The van der Waals surface area contributed by atoms with E-state index in [2.05, 4.69) is 24.4 Å². The van der Waals surface area contributed by atoms with E-state index in [1.165, 1.54) is 12.8 Å². The summed E-state index contributed by atoms with van der Waals surface area (Å²) in [5.74, 6) is 2.93. The summed E-state index contributed by atoms with van der Waals surface area (Å²) >= 11 is 0. The monoisotopic (exact) mass is 439 g/mol. The Morgan fingerprint density at radius 2 is 1.62 bits per heavy atom. The predicted octanol–water partition coefficient (Wildman–Crippen LogP) is 4.39. The third-order valence-corrected chi connectivity index (χ3v) is 6.63. The van der Waals surface area contributed by atoms with Crippen LogP contribution in [0.1, 0.15) is 44.7 Å². The van der Waals surface area contributed by atoms with Crippen LogP contribution in [0.2, 0.25) is 0 Å². The van der Waals surface area contributed by atoms with Crippen molar-refractivity contribution in [1.29, 1.82) is 0 Å². The first-order valence-corrected chi connectivity index (χ1v) is 11.9. The molecule has 3 heterocycles. The molecule has 0 spiro atoms. The highest BCUT2D eigenvalue weighted by Gasteiger charge is 2.26. The van der Waals surface area contributed by atoms with Gasteiger partial charge in [-0.3, -0.25) is 0 Å². The van der Waals surface area contributed by atoms with Crippen LogP contribution in [0, 0.1) is 12.8 Å². The van der Waals surface area contributed by atoms with Gasteiger partial charge < -0.3 is 24.3 Å². The van der Waals surface area contributed by atoms with Crippen molar-refractivity contribution in [2.75, 3.05) is 31.7 Å². The number of hydrogen-bond donors (Lipinski definition) is 1. The maximum atomic E-state index is 6.24. The highest BCUT2D eigenvalue weighted by molar-refractivity contribution is 5.72. The molecule has 7 heteroatoms. The minimum absolute atomic E-state index is 0.0383. The lowest BCUT2D eigenvalue weighted by Gasteiger charge is -2.29. The van der Waals surface area contributed by atoms with Crippen molar-refractivity contribution >= 4 is 5.95 Å². The van der Waals surface area contributed by atoms with Crippen LogP contribution in [0.5, 0.6) is 11.6 Å². The van der Waals surface area contributed by atoms with Crippen LogP contribution >= 0.6 is 0 Å². The largest absolute Gasteiger partial charge is 0.488 e. The van der Waals surface area contributed by atoms with Gasteiger partial charge in [0.05, 0.1) is 37.7 Å². The van der Waals surface area contributed by atoms with E-state index in [0.29, 0.717) is 37.7 Å². The van der Waals surface area contributed by atoms with Gasteiger partial charge in [0.1, 0.15) is 18.0 Å². The summed E-state index contributed by atoms with van der Waals surface area (Å²) in [7, 11) is 0. The van der Waals surface area contributed by atoms with Crippen molar-refractivity contribution in [3.63, 3.8) is 0 Å². The van der Waals surface area contributed by atoms with Crippen LogP contribution in [-0.2, 0) is 9.47 Å². The van der Waals surface area contributed by atoms with Crippen molar-refractivity contribution < 1.29 is 18.9 Å². The number of benzene rings is 1. The van der Waals surface area contributed by atoms with Gasteiger partial charge in [0.15, 0.2) is 0 Å². The van der Waals surface area contributed by atoms with Crippen LogP contribution < -0.4 is 14.8 Å². The first-order valence-electron chi connectivity index (χ1n) is 11.9. The summed E-state index contributed by atoms with van der Waals surface area (Å²) in [5.41, 5.74) is 2.85. The van der Waals surface area contributed by atoms with Gasteiger partial charge in [-0.15, -0.1) is 0 Å². The first kappa shape index (κ1) is 21.5. The molecule has 5 rings (SSSR count). The molecule has 2 aromatic rings. The van der Waals surface area contributed by atoms with Crippen molar-refractivity contribution in [3.05, 3.63) is 30.0 Å². The van der Waals surface area contributed by atoms with E-state index in [-0.39, 0.29) is 12.2 Å². The molecule has 1 N–H and O–H groups in total. The maximum Gasteiger partial charge on any atom is 0.226 e. The zero-order valence-electron chi connectivity index (χ0n) is 19.0. The lowest BCUT2D eigenvalue weighted by Crippen LogP contribution is -2.39. The summed E-state index contributed by atoms with van der Waals surface area (Å²) in [5, 5.41) is 3.55. The van der Waals surface area contributed by atoms with Crippen LogP contribution in [0.15, 0.2) is 24.3 Å². The van der Waals surface area contributed by atoms with E-state index in [4.69, 9.17) is 28.9 Å². The molecule has 1 saturated carbocycles. The highest BCUT2D eigenvalue weighted by Crippen LogP contribution is 2.35. The molecule has 1 aromatic carbocycles. The SMILES string of the molecule is Cc1nc(N[C@H]2CC[C@@H](C)CC2)nc(OC2COC2)c1-c1ccc(OC2CCOC2)cc1. The molecular formula is C25H33N3O4. The average molecular weight is 440 g/mol. The minimum Gasteiger partial charge on any atom is -0.488 e. The Morgan fingerprint density at radius 1 is 0.875 bits per heavy atom. The summed E-state index contributed by atoms with van der Waals surface area (Å²) in [6, 6.07) is 8.53. The Morgan fingerprint density at radius 3 is 2.28 bits per heavy atom. The average Bonchev–Trinajstić information content (AvgIpc) is 3.26. The third-order valence-electron chi connectivity index (χ3n) is 6.63. The van der Waals surface area contributed by atoms with Gasteiger partial charge in [-0.1, -0.05) is 19.1 Å². The van der Waals surface area contributed by atoms with E-state index in [9.17, 15) is 0 Å². The number of aromatic nitrogens is 2. The molecule has 32 heavy (non-hydrogen) atoms. The van der Waals surface area contributed by atoms with Gasteiger partial charge in [0.25, 0.3) is 0 Å². The molecule has 0 bridgehead atoms. The van der Waals surface area contributed by atoms with E-state index in [1.807, 2.05) is 19.1 Å². The van der Waals surface area contributed by atoms with E-state index >= 15 is 0 Å². The smallest absolute Gasteiger partial charge is 0.226 e. The number of nitrogens with one attached hydrogen (secondary N) is 1. The van der Waals surface area contributed by atoms with Crippen molar-refractivity contribution in [2.45, 2.75) is 64.2 Å². The maximum absolute atomic E-state index is 6.24. The third kappa shape index (κ3) is 4.99. The Kier molecular flexibility index (Phi) is 6.46. The van der Waals surface area contributed by atoms with Crippen LogP contribution in [0.25, 0.3) is 11.1 Å². The van der Waals surface area contributed by atoms with Crippen molar-refractivity contribution in [2.24, 2.45) is 5.92 Å². The van der Waals surface area contributed by atoms with Crippen LogP contribution in [0.4, 0.5) is 5.95 Å². The molecule has 1 unspecified atom stereocenters. The van der Waals surface area contributed by atoms with E-state index in [0.717, 1.165) is 54.4 Å². The second-order valence-corrected chi connectivity index (χ2v) is 9.32. The molecule has 0 radical (unpaired) electrons. The highest BCUT2D eigenvalue weighted by atomic mass is 16.6.